The topological polar surface area (TPSA) is 73.5 Å². The van der Waals surface area contributed by atoms with Crippen molar-refractivity contribution in [2.24, 2.45) is 5.92 Å². The number of hydrogen-bond donors (Lipinski definition) is 1. The Kier molecular flexibility index (Phi) is 6.27. The lowest BCUT2D eigenvalue weighted by Crippen LogP contribution is -2.46. The Hall–Kier alpha value is -2.50. The van der Waals surface area contributed by atoms with E-state index in [1.807, 2.05) is 30.5 Å². The maximum Gasteiger partial charge on any atom is 0.340 e. The Bertz CT molecular complexity index is 822. The fraction of sp³-hybridized carbons (Fsp3) is 0.545. The van der Waals surface area contributed by atoms with Crippen LogP contribution in [0, 0.1) is 19.8 Å². The van der Waals surface area contributed by atoms with Gasteiger partial charge < -0.3 is 19.0 Å². The first-order chi connectivity index (χ1) is 13.4. The fourth-order valence-corrected chi connectivity index (χ4v) is 3.92. The van der Waals surface area contributed by atoms with Crippen LogP contribution in [0.25, 0.3) is 0 Å². The van der Waals surface area contributed by atoms with Gasteiger partial charge in [0.15, 0.2) is 6.10 Å². The van der Waals surface area contributed by atoms with Crippen molar-refractivity contribution < 1.29 is 18.7 Å². The molecule has 1 aliphatic rings. The summed E-state index contributed by atoms with van der Waals surface area (Å²) in [6.07, 6.45) is 5.26. The highest BCUT2D eigenvalue weighted by Gasteiger charge is 2.27. The molecule has 1 fully saturated rings. The number of aryl methyl sites for hydroxylation is 1. The molecule has 2 heterocycles. The van der Waals surface area contributed by atoms with Gasteiger partial charge in [-0.15, -0.1) is 0 Å². The molecule has 1 aliphatic carbocycles. The number of hydrogen-bond acceptors (Lipinski definition) is 4. The van der Waals surface area contributed by atoms with Gasteiger partial charge in [0.05, 0.1) is 18.4 Å². The highest BCUT2D eigenvalue weighted by Crippen LogP contribution is 2.24. The quantitative estimate of drug-likeness (QED) is 0.762. The molecule has 6 nitrogen and oxygen atoms in total. The molecule has 0 radical (unpaired) electrons. The summed E-state index contributed by atoms with van der Waals surface area (Å²) in [4.78, 5) is 25.2. The predicted molar refractivity (Wildman–Crippen MR) is 106 cm³/mol. The molecule has 0 spiro atoms. The van der Waals surface area contributed by atoms with Crippen molar-refractivity contribution in [3.8, 4) is 0 Å². The van der Waals surface area contributed by atoms with Crippen molar-refractivity contribution >= 4 is 11.9 Å². The summed E-state index contributed by atoms with van der Waals surface area (Å²) < 4.78 is 12.9. The molecule has 28 heavy (non-hydrogen) atoms. The van der Waals surface area contributed by atoms with Crippen molar-refractivity contribution in [2.75, 3.05) is 0 Å². The van der Waals surface area contributed by atoms with Gasteiger partial charge in [-0.3, -0.25) is 4.79 Å². The van der Waals surface area contributed by atoms with Crippen LogP contribution >= 0.6 is 0 Å². The van der Waals surface area contributed by atoms with E-state index in [0.717, 1.165) is 36.4 Å². The maximum atomic E-state index is 12.7. The number of rotatable bonds is 6. The van der Waals surface area contributed by atoms with E-state index >= 15 is 0 Å². The standard InChI is InChI=1S/C22H30N2O4/c1-14-8-5-6-10-20(14)23-21(25)17(4)28-22(26)19-12-15(2)24(16(19)3)13-18-9-7-11-27-18/h7,9,11-12,14,17,20H,5-6,8,10,13H2,1-4H3,(H,23,25)/t14-,17+,20-/m0/s1. The van der Waals surface area contributed by atoms with Crippen LogP contribution in [0.15, 0.2) is 28.9 Å². The Morgan fingerprint density at radius 1 is 1.32 bits per heavy atom. The first kappa shape index (κ1) is 20.2. The molecule has 152 valence electrons. The first-order valence-corrected chi connectivity index (χ1v) is 10.1. The average Bonchev–Trinajstić information content (AvgIpc) is 3.27. The minimum absolute atomic E-state index is 0.167. The van der Waals surface area contributed by atoms with Crippen LogP contribution in [0.4, 0.5) is 0 Å². The minimum Gasteiger partial charge on any atom is -0.467 e. The molecular weight excluding hydrogens is 356 g/mol. The number of carbonyl (C=O) groups is 2. The average molecular weight is 386 g/mol. The second kappa shape index (κ2) is 8.67. The summed E-state index contributed by atoms with van der Waals surface area (Å²) in [6, 6.07) is 5.71. The molecule has 2 aromatic heterocycles. The Labute approximate surface area is 166 Å². The molecule has 1 N–H and O–H groups in total. The van der Waals surface area contributed by atoms with Crippen LogP contribution in [0.1, 0.15) is 67.0 Å². The van der Waals surface area contributed by atoms with Crippen molar-refractivity contribution in [1.29, 1.82) is 0 Å². The third kappa shape index (κ3) is 4.49. The zero-order valence-electron chi connectivity index (χ0n) is 17.2. The van der Waals surface area contributed by atoms with Gasteiger partial charge in [-0.05, 0) is 57.7 Å². The smallest absolute Gasteiger partial charge is 0.340 e. The summed E-state index contributed by atoms with van der Waals surface area (Å²) in [6.45, 7) is 8.15. The van der Waals surface area contributed by atoms with Gasteiger partial charge in [0.1, 0.15) is 5.76 Å². The summed E-state index contributed by atoms with van der Waals surface area (Å²) in [5.41, 5.74) is 2.22. The molecule has 0 aromatic carbocycles. The molecular formula is C22H30N2O4. The van der Waals surface area contributed by atoms with E-state index in [0.29, 0.717) is 18.0 Å². The Morgan fingerprint density at radius 3 is 2.75 bits per heavy atom. The van der Waals surface area contributed by atoms with Crippen LogP contribution < -0.4 is 5.32 Å². The second-order valence-corrected chi connectivity index (χ2v) is 7.87. The molecule has 0 bridgehead atoms. The van der Waals surface area contributed by atoms with Gasteiger partial charge in [-0.2, -0.15) is 0 Å². The largest absolute Gasteiger partial charge is 0.467 e. The molecule has 2 aromatic rings. The SMILES string of the molecule is Cc1cc(C(=O)O[C@H](C)C(=O)N[C@H]2CCCC[C@@H]2C)c(C)n1Cc1ccco1. The van der Waals surface area contributed by atoms with Crippen molar-refractivity contribution in [2.45, 2.75) is 72.1 Å². The van der Waals surface area contributed by atoms with E-state index in [1.54, 1.807) is 19.3 Å². The Balaban J connectivity index is 1.63. The maximum absolute atomic E-state index is 12.7. The van der Waals surface area contributed by atoms with Crippen molar-refractivity contribution in [3.63, 3.8) is 0 Å². The monoisotopic (exact) mass is 386 g/mol. The second-order valence-electron chi connectivity index (χ2n) is 7.87. The van der Waals surface area contributed by atoms with E-state index in [9.17, 15) is 9.59 Å². The third-order valence-corrected chi connectivity index (χ3v) is 5.78. The summed E-state index contributed by atoms with van der Waals surface area (Å²) >= 11 is 0. The zero-order valence-corrected chi connectivity index (χ0v) is 17.2. The van der Waals surface area contributed by atoms with Crippen LogP contribution in [-0.2, 0) is 16.1 Å². The van der Waals surface area contributed by atoms with Gasteiger partial charge in [-0.1, -0.05) is 19.8 Å². The van der Waals surface area contributed by atoms with E-state index < -0.39 is 12.1 Å². The van der Waals surface area contributed by atoms with E-state index in [4.69, 9.17) is 9.15 Å². The molecule has 1 amide bonds. The third-order valence-electron chi connectivity index (χ3n) is 5.78. The number of amides is 1. The summed E-state index contributed by atoms with van der Waals surface area (Å²) in [7, 11) is 0. The van der Waals surface area contributed by atoms with Crippen molar-refractivity contribution in [1.82, 2.24) is 9.88 Å². The molecule has 0 aliphatic heterocycles. The van der Waals surface area contributed by atoms with E-state index in [-0.39, 0.29) is 11.9 Å². The molecule has 3 rings (SSSR count). The van der Waals surface area contributed by atoms with Crippen LogP contribution in [-0.4, -0.2) is 28.6 Å². The fourth-order valence-electron chi connectivity index (χ4n) is 3.92. The lowest BCUT2D eigenvalue weighted by Gasteiger charge is -2.30. The molecule has 0 unspecified atom stereocenters. The number of aromatic nitrogens is 1. The Morgan fingerprint density at radius 2 is 2.07 bits per heavy atom. The normalized spacial score (nSPS) is 20.6. The number of furan rings is 1. The number of esters is 1. The summed E-state index contributed by atoms with van der Waals surface area (Å²) in [5.74, 6) is 0.576. The van der Waals surface area contributed by atoms with E-state index in [1.165, 1.54) is 6.42 Å². The number of ether oxygens (including phenoxy) is 1. The number of nitrogens with one attached hydrogen (secondary N) is 1. The van der Waals surface area contributed by atoms with Gasteiger partial charge in [0, 0.05) is 17.4 Å². The molecule has 1 saturated carbocycles. The highest BCUT2D eigenvalue weighted by molar-refractivity contribution is 5.93. The van der Waals surface area contributed by atoms with Gasteiger partial charge in [-0.25, -0.2) is 4.79 Å². The lowest BCUT2D eigenvalue weighted by molar-refractivity contribution is -0.130. The predicted octanol–water partition coefficient (Wildman–Crippen LogP) is 3.99. The van der Waals surface area contributed by atoms with Crippen molar-refractivity contribution in [3.05, 3.63) is 47.2 Å². The molecule has 6 heteroatoms. The van der Waals surface area contributed by atoms with Gasteiger partial charge in [0.2, 0.25) is 0 Å². The highest BCUT2D eigenvalue weighted by atomic mass is 16.5. The molecule has 3 atom stereocenters. The van der Waals surface area contributed by atoms with E-state index in [2.05, 4.69) is 12.2 Å². The number of nitrogens with zero attached hydrogens (tertiary/aromatic N) is 1. The lowest BCUT2D eigenvalue weighted by atomic mass is 9.86. The van der Waals surface area contributed by atoms with Gasteiger partial charge in [0.25, 0.3) is 5.91 Å². The first-order valence-electron chi connectivity index (χ1n) is 10.1. The zero-order chi connectivity index (χ0) is 20.3. The minimum atomic E-state index is -0.824. The van der Waals surface area contributed by atoms with Crippen LogP contribution in [0.3, 0.4) is 0 Å². The van der Waals surface area contributed by atoms with Crippen LogP contribution in [0.2, 0.25) is 0 Å². The molecule has 0 saturated heterocycles. The summed E-state index contributed by atoms with van der Waals surface area (Å²) in [5, 5.41) is 3.05. The number of carbonyl (C=O) groups excluding carboxylic acids is 2. The van der Waals surface area contributed by atoms with Crippen LogP contribution in [0.5, 0.6) is 0 Å². The van der Waals surface area contributed by atoms with Gasteiger partial charge >= 0.3 is 5.97 Å².